The molecule has 8 heteroatoms. The third kappa shape index (κ3) is 4.56. The summed E-state index contributed by atoms with van der Waals surface area (Å²) >= 11 is 0. The van der Waals surface area contributed by atoms with E-state index in [1.807, 2.05) is 4.90 Å². The Kier molecular flexibility index (Phi) is 5.51. The zero-order valence-corrected chi connectivity index (χ0v) is 18.2. The Balaban J connectivity index is 1.11. The molecule has 1 aliphatic heterocycles. The lowest BCUT2D eigenvalue weighted by Gasteiger charge is -2.36. The highest BCUT2D eigenvalue weighted by Gasteiger charge is 2.45. The van der Waals surface area contributed by atoms with Gasteiger partial charge >= 0.3 is 6.18 Å². The van der Waals surface area contributed by atoms with Crippen LogP contribution in [-0.4, -0.2) is 47.6 Å². The average Bonchev–Trinajstić information content (AvgIpc) is 3.53. The van der Waals surface area contributed by atoms with Crippen LogP contribution in [0.1, 0.15) is 48.3 Å². The molecule has 2 aromatic rings. The smallest absolute Gasteiger partial charge is 0.369 e. The number of rotatable bonds is 5. The van der Waals surface area contributed by atoms with E-state index in [9.17, 15) is 18.0 Å². The summed E-state index contributed by atoms with van der Waals surface area (Å²) < 4.78 is 38.9. The number of halogens is 3. The summed E-state index contributed by atoms with van der Waals surface area (Å²) in [4.78, 5) is 24.6. The maximum Gasteiger partial charge on any atom is 0.416 e. The van der Waals surface area contributed by atoms with E-state index < -0.39 is 11.7 Å². The number of nitrogens with zero attached hydrogens (tertiary/aromatic N) is 3. The van der Waals surface area contributed by atoms with Crippen molar-refractivity contribution in [3.8, 4) is 0 Å². The van der Waals surface area contributed by atoms with E-state index in [-0.39, 0.29) is 5.56 Å². The number of hydrogen-bond donors (Lipinski definition) is 1. The number of nitrogens with one attached hydrogen (secondary N) is 1. The van der Waals surface area contributed by atoms with Crippen LogP contribution in [0.5, 0.6) is 0 Å². The van der Waals surface area contributed by atoms with E-state index >= 15 is 0 Å². The molecule has 0 amide bonds. The largest absolute Gasteiger partial charge is 0.416 e. The normalized spacial score (nSPS) is 20.4. The predicted octanol–water partition coefficient (Wildman–Crippen LogP) is 3.81. The van der Waals surface area contributed by atoms with Crippen LogP contribution >= 0.6 is 0 Å². The Hall–Kier alpha value is -2.35. The van der Waals surface area contributed by atoms with Crippen LogP contribution in [0.25, 0.3) is 0 Å². The summed E-state index contributed by atoms with van der Waals surface area (Å²) in [6.07, 6.45) is 2.78. The van der Waals surface area contributed by atoms with E-state index in [2.05, 4.69) is 9.88 Å². The van der Waals surface area contributed by atoms with E-state index in [1.165, 1.54) is 25.0 Å². The second-order valence-corrected chi connectivity index (χ2v) is 9.59. The molecule has 0 atom stereocenters. The number of alkyl halides is 3. The number of aryl methyl sites for hydroxylation is 2. The molecule has 1 saturated heterocycles. The highest BCUT2D eigenvalue weighted by Crippen LogP contribution is 2.53. The molecule has 172 valence electrons. The summed E-state index contributed by atoms with van der Waals surface area (Å²) in [5, 5.41) is 0. The van der Waals surface area contributed by atoms with Crippen molar-refractivity contribution in [1.82, 2.24) is 14.9 Å². The summed E-state index contributed by atoms with van der Waals surface area (Å²) in [7, 11) is 0. The number of aromatic amines is 1. The van der Waals surface area contributed by atoms with Crippen molar-refractivity contribution < 1.29 is 13.2 Å². The van der Waals surface area contributed by atoms with Gasteiger partial charge in [-0.05, 0) is 68.7 Å². The van der Waals surface area contributed by atoms with Gasteiger partial charge in [-0.3, -0.25) is 9.69 Å². The molecular weight excluding hydrogens is 417 g/mol. The SMILES string of the molecule is O=c1[nH]c(CCCN2CCN(c3cccc(C(F)(F)F)c3)CC2)nc2c1CC1(CC2)CC1. The van der Waals surface area contributed by atoms with Crippen molar-refractivity contribution in [3.05, 3.63) is 57.3 Å². The molecule has 0 unspecified atom stereocenters. The van der Waals surface area contributed by atoms with Gasteiger partial charge in [0.2, 0.25) is 0 Å². The van der Waals surface area contributed by atoms with Crippen LogP contribution in [0.2, 0.25) is 0 Å². The zero-order valence-electron chi connectivity index (χ0n) is 18.2. The first-order valence-electron chi connectivity index (χ1n) is 11.6. The number of fused-ring (bicyclic) bond motifs is 1. The van der Waals surface area contributed by atoms with Crippen LogP contribution < -0.4 is 10.5 Å². The average molecular weight is 447 g/mol. The molecule has 0 radical (unpaired) electrons. The summed E-state index contributed by atoms with van der Waals surface area (Å²) in [6.45, 7) is 3.92. The van der Waals surface area contributed by atoms with Crippen molar-refractivity contribution in [2.45, 2.75) is 51.1 Å². The highest BCUT2D eigenvalue weighted by atomic mass is 19.4. The Morgan fingerprint density at radius 3 is 2.59 bits per heavy atom. The van der Waals surface area contributed by atoms with E-state index in [4.69, 9.17) is 4.98 Å². The van der Waals surface area contributed by atoms with Crippen LogP contribution in [0.4, 0.5) is 18.9 Å². The monoisotopic (exact) mass is 446 g/mol. The van der Waals surface area contributed by atoms with Crippen LogP contribution in [0, 0.1) is 5.41 Å². The number of H-pyrrole nitrogens is 1. The molecule has 1 aromatic carbocycles. The molecule has 1 aromatic heterocycles. The molecule has 1 saturated carbocycles. The van der Waals surface area contributed by atoms with Crippen molar-refractivity contribution in [1.29, 1.82) is 0 Å². The zero-order chi connectivity index (χ0) is 22.3. The van der Waals surface area contributed by atoms with Crippen molar-refractivity contribution in [2.24, 2.45) is 5.41 Å². The van der Waals surface area contributed by atoms with Gasteiger partial charge in [0.15, 0.2) is 0 Å². The van der Waals surface area contributed by atoms with Crippen LogP contribution in [0.3, 0.4) is 0 Å². The summed E-state index contributed by atoms with van der Waals surface area (Å²) in [6, 6.07) is 5.57. The molecule has 1 spiro atoms. The summed E-state index contributed by atoms with van der Waals surface area (Å²) in [5.74, 6) is 0.781. The lowest BCUT2D eigenvalue weighted by atomic mass is 9.84. The number of anilines is 1. The topological polar surface area (TPSA) is 52.2 Å². The molecule has 5 rings (SSSR count). The fraction of sp³-hybridized carbons (Fsp3) is 0.583. The third-order valence-electron chi connectivity index (χ3n) is 7.35. The molecular formula is C24H29F3N4O. The van der Waals surface area contributed by atoms with Gasteiger partial charge in [0, 0.05) is 43.9 Å². The Bertz CT molecular complexity index is 1040. The number of benzene rings is 1. The van der Waals surface area contributed by atoms with Crippen molar-refractivity contribution >= 4 is 5.69 Å². The van der Waals surface area contributed by atoms with Gasteiger partial charge in [-0.2, -0.15) is 13.2 Å². The maximum absolute atomic E-state index is 13.0. The first-order chi connectivity index (χ1) is 15.3. The standard InChI is InChI=1S/C24H29F3N4O/c25-24(26,27)17-3-1-4-18(15-17)31-13-11-30(12-14-31)10-2-5-21-28-20-6-7-23(8-9-23)16-19(20)22(32)29-21/h1,3-4,15H,2,5-14,16H2,(H,28,29,32). The second-order valence-electron chi connectivity index (χ2n) is 9.59. The van der Waals surface area contributed by atoms with Crippen LogP contribution in [0.15, 0.2) is 29.1 Å². The van der Waals surface area contributed by atoms with Crippen molar-refractivity contribution in [3.63, 3.8) is 0 Å². The first kappa shape index (κ1) is 21.5. The Labute approximate surface area is 185 Å². The minimum Gasteiger partial charge on any atom is -0.369 e. The minimum absolute atomic E-state index is 0.0469. The number of aromatic nitrogens is 2. The lowest BCUT2D eigenvalue weighted by Crippen LogP contribution is -2.46. The Morgan fingerprint density at radius 2 is 1.88 bits per heavy atom. The van der Waals surface area contributed by atoms with Gasteiger partial charge < -0.3 is 9.88 Å². The number of hydrogen-bond acceptors (Lipinski definition) is 4. The minimum atomic E-state index is -4.32. The van der Waals surface area contributed by atoms with Gasteiger partial charge in [-0.25, -0.2) is 4.98 Å². The first-order valence-corrected chi connectivity index (χ1v) is 11.6. The van der Waals surface area contributed by atoms with Gasteiger partial charge in [-0.1, -0.05) is 6.07 Å². The second kappa shape index (κ2) is 8.21. The van der Waals surface area contributed by atoms with E-state index in [1.54, 1.807) is 6.07 Å². The molecule has 0 bridgehead atoms. The van der Waals surface area contributed by atoms with E-state index in [0.717, 1.165) is 74.9 Å². The Morgan fingerprint density at radius 1 is 1.09 bits per heavy atom. The number of piperazine rings is 1. The molecule has 2 aliphatic carbocycles. The van der Waals surface area contributed by atoms with Gasteiger partial charge in [0.05, 0.1) is 11.3 Å². The fourth-order valence-corrected chi connectivity index (χ4v) is 5.13. The lowest BCUT2D eigenvalue weighted by molar-refractivity contribution is -0.137. The third-order valence-corrected chi connectivity index (χ3v) is 7.35. The van der Waals surface area contributed by atoms with Crippen LogP contribution in [-0.2, 0) is 25.4 Å². The molecule has 5 nitrogen and oxygen atoms in total. The molecule has 1 N–H and O–H groups in total. The van der Waals surface area contributed by atoms with Gasteiger partial charge in [0.25, 0.3) is 5.56 Å². The predicted molar refractivity (Wildman–Crippen MR) is 117 cm³/mol. The molecule has 32 heavy (non-hydrogen) atoms. The fourth-order valence-electron chi connectivity index (χ4n) is 5.13. The molecule has 2 fully saturated rings. The van der Waals surface area contributed by atoms with E-state index in [0.29, 0.717) is 24.2 Å². The van der Waals surface area contributed by atoms with Crippen molar-refractivity contribution in [2.75, 3.05) is 37.6 Å². The van der Waals surface area contributed by atoms with Gasteiger partial charge in [-0.15, -0.1) is 0 Å². The quantitative estimate of drug-likeness (QED) is 0.759. The maximum atomic E-state index is 13.0. The molecule has 2 heterocycles. The highest BCUT2D eigenvalue weighted by molar-refractivity contribution is 5.49. The summed E-state index contributed by atoms with van der Waals surface area (Å²) in [5.41, 5.74) is 2.38. The van der Waals surface area contributed by atoms with Gasteiger partial charge in [0.1, 0.15) is 5.82 Å². The molecule has 3 aliphatic rings.